The fourth-order valence-corrected chi connectivity index (χ4v) is 0.699. The van der Waals surface area contributed by atoms with E-state index >= 15 is 0 Å². The number of allylic oxidation sites excluding steroid dienone is 2. The zero-order valence-corrected chi connectivity index (χ0v) is 6.77. The van der Waals surface area contributed by atoms with Gasteiger partial charge < -0.3 is 5.32 Å². The van der Waals surface area contributed by atoms with E-state index in [0.29, 0.717) is 0 Å². The first-order chi connectivity index (χ1) is 4.91. The molecule has 0 aromatic carbocycles. The quantitative estimate of drug-likeness (QED) is 0.439. The Labute approximate surface area is 63.8 Å². The number of unbranched alkanes of at least 4 members (excludes halogenated alkanes) is 2. The van der Waals surface area contributed by atoms with Gasteiger partial charge in [0.2, 0.25) is 0 Å². The van der Waals surface area contributed by atoms with Crippen LogP contribution in [0.15, 0.2) is 24.8 Å². The zero-order chi connectivity index (χ0) is 7.66. The number of nitrogens with one attached hydrogen (secondary N) is 1. The van der Waals surface area contributed by atoms with Gasteiger partial charge in [0.15, 0.2) is 0 Å². The van der Waals surface area contributed by atoms with Crippen LogP contribution in [0.4, 0.5) is 0 Å². The first-order valence-electron chi connectivity index (χ1n) is 3.82. The average Bonchev–Trinajstić information content (AvgIpc) is 1.97. The molecule has 0 aliphatic heterocycles. The molecule has 0 bridgehead atoms. The van der Waals surface area contributed by atoms with Gasteiger partial charge in [0, 0.05) is 6.54 Å². The van der Waals surface area contributed by atoms with Crippen LogP contribution in [0.25, 0.3) is 0 Å². The minimum absolute atomic E-state index is 0.980. The van der Waals surface area contributed by atoms with Gasteiger partial charge in [0.25, 0.3) is 0 Å². The summed E-state index contributed by atoms with van der Waals surface area (Å²) in [5.41, 5.74) is 0. The number of likely N-dealkylation sites (N-methyl/N-ethyl adjacent to an activating group) is 1. The van der Waals surface area contributed by atoms with Crippen molar-refractivity contribution in [2.24, 2.45) is 0 Å². The van der Waals surface area contributed by atoms with Crippen molar-refractivity contribution >= 4 is 0 Å². The molecule has 0 amide bonds. The number of hydrogen-bond acceptors (Lipinski definition) is 1. The molecule has 1 N–H and O–H groups in total. The van der Waals surface area contributed by atoms with E-state index in [-0.39, 0.29) is 0 Å². The van der Waals surface area contributed by atoms with Gasteiger partial charge in [-0.25, -0.2) is 0 Å². The fraction of sp³-hybridized carbons (Fsp3) is 0.556. The zero-order valence-electron chi connectivity index (χ0n) is 6.77. The van der Waals surface area contributed by atoms with Crippen LogP contribution in [0, 0.1) is 0 Å². The second-order valence-electron chi connectivity index (χ2n) is 2.25. The highest BCUT2D eigenvalue weighted by Crippen LogP contribution is 1.95. The van der Waals surface area contributed by atoms with Gasteiger partial charge in [0.05, 0.1) is 0 Å². The molecule has 0 aromatic heterocycles. The summed E-state index contributed by atoms with van der Waals surface area (Å²) in [6.07, 6.45) is 9.86. The molecule has 0 aliphatic carbocycles. The second-order valence-corrected chi connectivity index (χ2v) is 2.25. The molecule has 0 spiro atoms. The minimum atomic E-state index is 0.980. The fourth-order valence-electron chi connectivity index (χ4n) is 0.699. The Morgan fingerprint density at radius 1 is 1.30 bits per heavy atom. The minimum Gasteiger partial charge on any atom is -0.316 e. The van der Waals surface area contributed by atoms with Crippen molar-refractivity contribution in [3.8, 4) is 0 Å². The highest BCUT2D eigenvalue weighted by atomic mass is 14.8. The molecular weight excluding hydrogens is 122 g/mol. The summed E-state index contributed by atoms with van der Waals surface area (Å²) < 4.78 is 0. The van der Waals surface area contributed by atoms with Crippen LogP contribution in [0.5, 0.6) is 0 Å². The Morgan fingerprint density at radius 3 is 2.70 bits per heavy atom. The Kier molecular flexibility index (Phi) is 7.97. The first kappa shape index (κ1) is 9.44. The summed E-state index contributed by atoms with van der Waals surface area (Å²) in [5, 5.41) is 3.05. The Morgan fingerprint density at radius 2 is 2.10 bits per heavy atom. The average molecular weight is 139 g/mol. The van der Waals surface area contributed by atoms with Crippen LogP contribution >= 0.6 is 0 Å². The predicted molar refractivity (Wildman–Crippen MR) is 47.1 cm³/mol. The van der Waals surface area contributed by atoms with Crippen molar-refractivity contribution in [1.29, 1.82) is 0 Å². The molecule has 0 atom stereocenters. The van der Waals surface area contributed by atoms with Gasteiger partial charge in [-0.05, 0) is 26.3 Å². The van der Waals surface area contributed by atoms with Crippen molar-refractivity contribution in [2.45, 2.75) is 19.3 Å². The molecule has 0 fully saturated rings. The smallest absolute Gasteiger partial charge is 0.0131 e. The third-order valence-corrected chi connectivity index (χ3v) is 1.27. The van der Waals surface area contributed by atoms with Crippen molar-refractivity contribution < 1.29 is 0 Å². The summed E-state index contributed by atoms with van der Waals surface area (Å²) in [4.78, 5) is 0. The Hall–Kier alpha value is -0.560. The third kappa shape index (κ3) is 7.44. The lowest BCUT2D eigenvalue weighted by Gasteiger charge is -1.89. The number of rotatable bonds is 6. The van der Waals surface area contributed by atoms with Gasteiger partial charge in [-0.1, -0.05) is 18.2 Å². The molecule has 0 saturated carbocycles. The molecule has 1 heteroatoms. The van der Waals surface area contributed by atoms with E-state index in [2.05, 4.69) is 24.0 Å². The van der Waals surface area contributed by atoms with E-state index in [0.717, 1.165) is 13.0 Å². The summed E-state index contributed by atoms with van der Waals surface area (Å²) in [6.45, 7) is 4.64. The monoisotopic (exact) mass is 139 g/mol. The standard InChI is InChI=1S/C9H17N/c1-3-4-5-6-7-8-9-10-2/h3,7-8,10H,1,4-6,9H2,2H3/b8-7+. The summed E-state index contributed by atoms with van der Waals surface area (Å²) in [5.74, 6) is 0. The maximum atomic E-state index is 3.66. The van der Waals surface area contributed by atoms with Gasteiger partial charge in [-0.3, -0.25) is 0 Å². The van der Waals surface area contributed by atoms with Crippen LogP contribution < -0.4 is 5.32 Å². The van der Waals surface area contributed by atoms with Gasteiger partial charge >= 0.3 is 0 Å². The van der Waals surface area contributed by atoms with E-state index in [4.69, 9.17) is 0 Å². The van der Waals surface area contributed by atoms with Crippen LogP contribution in [0.1, 0.15) is 19.3 Å². The van der Waals surface area contributed by atoms with Crippen LogP contribution in [-0.4, -0.2) is 13.6 Å². The van der Waals surface area contributed by atoms with E-state index in [9.17, 15) is 0 Å². The molecule has 0 saturated heterocycles. The van der Waals surface area contributed by atoms with E-state index in [1.165, 1.54) is 12.8 Å². The van der Waals surface area contributed by atoms with E-state index < -0.39 is 0 Å². The van der Waals surface area contributed by atoms with Crippen LogP contribution in [0.3, 0.4) is 0 Å². The van der Waals surface area contributed by atoms with Crippen molar-refractivity contribution in [2.75, 3.05) is 13.6 Å². The van der Waals surface area contributed by atoms with Crippen LogP contribution in [-0.2, 0) is 0 Å². The summed E-state index contributed by atoms with van der Waals surface area (Å²) >= 11 is 0. The second kappa shape index (κ2) is 8.44. The molecule has 0 radical (unpaired) electrons. The molecular formula is C9H17N. The Bertz CT molecular complexity index is 94.9. The van der Waals surface area contributed by atoms with Crippen molar-refractivity contribution in [3.63, 3.8) is 0 Å². The van der Waals surface area contributed by atoms with Crippen molar-refractivity contribution in [1.82, 2.24) is 5.32 Å². The van der Waals surface area contributed by atoms with Gasteiger partial charge in [-0.15, -0.1) is 6.58 Å². The van der Waals surface area contributed by atoms with Gasteiger partial charge in [0.1, 0.15) is 0 Å². The first-order valence-corrected chi connectivity index (χ1v) is 3.82. The summed E-state index contributed by atoms with van der Waals surface area (Å²) in [7, 11) is 1.95. The lowest BCUT2D eigenvalue weighted by Crippen LogP contribution is -2.03. The van der Waals surface area contributed by atoms with Crippen LogP contribution in [0.2, 0.25) is 0 Å². The highest BCUT2D eigenvalue weighted by Gasteiger charge is 1.77. The Balaban J connectivity index is 2.94. The normalized spacial score (nSPS) is 10.5. The lowest BCUT2D eigenvalue weighted by atomic mass is 10.2. The van der Waals surface area contributed by atoms with E-state index in [1.54, 1.807) is 0 Å². The third-order valence-electron chi connectivity index (χ3n) is 1.27. The maximum Gasteiger partial charge on any atom is 0.0131 e. The predicted octanol–water partition coefficient (Wildman–Crippen LogP) is 2.12. The number of hydrogen-bond donors (Lipinski definition) is 1. The molecule has 0 rings (SSSR count). The lowest BCUT2D eigenvalue weighted by molar-refractivity contribution is 0.857. The molecule has 0 heterocycles. The summed E-state index contributed by atoms with van der Waals surface area (Å²) in [6, 6.07) is 0. The molecule has 58 valence electrons. The van der Waals surface area contributed by atoms with Crippen molar-refractivity contribution in [3.05, 3.63) is 24.8 Å². The molecule has 10 heavy (non-hydrogen) atoms. The molecule has 0 aliphatic rings. The largest absolute Gasteiger partial charge is 0.316 e. The highest BCUT2D eigenvalue weighted by molar-refractivity contribution is 4.83. The topological polar surface area (TPSA) is 12.0 Å². The SMILES string of the molecule is C=CCCC/C=C/CNC. The molecule has 1 nitrogen and oxygen atoms in total. The van der Waals surface area contributed by atoms with Gasteiger partial charge in [-0.2, -0.15) is 0 Å². The maximum absolute atomic E-state index is 3.66. The molecule has 0 unspecified atom stereocenters. The molecule has 0 aromatic rings. The van der Waals surface area contributed by atoms with E-state index in [1.807, 2.05) is 13.1 Å².